The van der Waals surface area contributed by atoms with E-state index in [-0.39, 0.29) is 18.2 Å². The molecule has 24 heavy (non-hydrogen) atoms. The predicted octanol–water partition coefficient (Wildman–Crippen LogP) is 4.51. The molecule has 0 aromatic heterocycles. The van der Waals surface area contributed by atoms with Crippen molar-refractivity contribution in [2.75, 3.05) is 5.32 Å². The maximum absolute atomic E-state index is 12.3. The van der Waals surface area contributed by atoms with Gasteiger partial charge in [0.15, 0.2) is 0 Å². The Morgan fingerprint density at radius 1 is 1.04 bits per heavy atom. The second-order valence-electron chi connectivity index (χ2n) is 5.54. The van der Waals surface area contributed by atoms with Crippen LogP contribution >= 0.6 is 23.2 Å². The van der Waals surface area contributed by atoms with Gasteiger partial charge in [0.1, 0.15) is 0 Å². The predicted molar refractivity (Wildman–Crippen MR) is 97.4 cm³/mol. The molecular formula is C18H18Cl2N2O2. The number of nitrogens with one attached hydrogen (secondary N) is 2. The van der Waals surface area contributed by atoms with Gasteiger partial charge in [-0.2, -0.15) is 0 Å². The Morgan fingerprint density at radius 2 is 1.71 bits per heavy atom. The summed E-state index contributed by atoms with van der Waals surface area (Å²) in [6, 6.07) is 12.2. The van der Waals surface area contributed by atoms with Crippen molar-refractivity contribution in [1.29, 1.82) is 0 Å². The number of hydrogen-bond acceptors (Lipinski definition) is 2. The smallest absolute Gasteiger partial charge is 0.226 e. The minimum Gasteiger partial charge on any atom is -0.349 e. The van der Waals surface area contributed by atoms with Gasteiger partial charge in [-0.25, -0.2) is 0 Å². The number of carbonyl (C=O) groups excluding carboxylic acids is 2. The number of rotatable bonds is 5. The molecule has 0 aliphatic heterocycles. The lowest BCUT2D eigenvalue weighted by Crippen LogP contribution is -2.29. The van der Waals surface area contributed by atoms with E-state index in [2.05, 4.69) is 10.6 Å². The van der Waals surface area contributed by atoms with Gasteiger partial charge in [0, 0.05) is 12.6 Å². The summed E-state index contributed by atoms with van der Waals surface area (Å²) in [6.07, 6.45) is 0.114. The van der Waals surface area contributed by atoms with Crippen LogP contribution in [0.2, 0.25) is 10.0 Å². The van der Waals surface area contributed by atoms with E-state index in [0.29, 0.717) is 15.7 Å². The lowest BCUT2D eigenvalue weighted by atomic mass is 10.0. The second-order valence-corrected chi connectivity index (χ2v) is 6.36. The SMILES string of the molecule is CC(=O)NC(CC(=O)Nc1ccc(Cl)c(Cl)c1)c1ccc(C)cc1. The van der Waals surface area contributed by atoms with Crippen LogP contribution < -0.4 is 10.6 Å². The van der Waals surface area contributed by atoms with Gasteiger partial charge in [0.25, 0.3) is 0 Å². The van der Waals surface area contributed by atoms with E-state index in [1.807, 2.05) is 31.2 Å². The van der Waals surface area contributed by atoms with E-state index in [1.54, 1.807) is 18.2 Å². The first-order valence-electron chi connectivity index (χ1n) is 7.43. The zero-order valence-electron chi connectivity index (χ0n) is 13.4. The molecule has 2 rings (SSSR count). The first kappa shape index (κ1) is 18.3. The summed E-state index contributed by atoms with van der Waals surface area (Å²) in [5.74, 6) is -0.421. The number of hydrogen-bond donors (Lipinski definition) is 2. The number of aryl methyl sites for hydroxylation is 1. The Balaban J connectivity index is 2.10. The van der Waals surface area contributed by atoms with E-state index in [0.717, 1.165) is 11.1 Å². The highest BCUT2D eigenvalue weighted by Crippen LogP contribution is 2.25. The first-order valence-corrected chi connectivity index (χ1v) is 8.19. The summed E-state index contributed by atoms with van der Waals surface area (Å²) in [6.45, 7) is 3.41. The number of benzene rings is 2. The molecule has 2 aromatic rings. The molecule has 0 radical (unpaired) electrons. The molecule has 0 aliphatic rings. The average molecular weight is 365 g/mol. The Morgan fingerprint density at radius 3 is 2.29 bits per heavy atom. The van der Waals surface area contributed by atoms with Gasteiger partial charge < -0.3 is 10.6 Å². The van der Waals surface area contributed by atoms with Crippen molar-refractivity contribution >= 4 is 40.7 Å². The molecule has 4 nitrogen and oxygen atoms in total. The zero-order chi connectivity index (χ0) is 17.7. The van der Waals surface area contributed by atoms with Crippen LogP contribution in [-0.2, 0) is 9.59 Å². The highest BCUT2D eigenvalue weighted by atomic mass is 35.5. The first-order chi connectivity index (χ1) is 11.3. The summed E-state index contributed by atoms with van der Waals surface area (Å²) in [4.78, 5) is 23.7. The van der Waals surface area contributed by atoms with E-state index in [4.69, 9.17) is 23.2 Å². The average Bonchev–Trinajstić information content (AvgIpc) is 2.50. The number of amides is 2. The fraction of sp³-hybridized carbons (Fsp3) is 0.222. The second kappa shape index (κ2) is 8.18. The third-order valence-corrected chi connectivity index (χ3v) is 4.19. The van der Waals surface area contributed by atoms with Crippen LogP contribution in [-0.4, -0.2) is 11.8 Å². The van der Waals surface area contributed by atoms with E-state index >= 15 is 0 Å². The maximum atomic E-state index is 12.3. The largest absolute Gasteiger partial charge is 0.349 e. The molecule has 1 unspecified atom stereocenters. The van der Waals surface area contributed by atoms with Gasteiger partial charge in [-0.05, 0) is 30.7 Å². The molecule has 0 aliphatic carbocycles. The highest BCUT2D eigenvalue weighted by Gasteiger charge is 2.17. The summed E-state index contributed by atoms with van der Waals surface area (Å²) in [5.41, 5.74) is 2.54. The van der Waals surface area contributed by atoms with Crippen molar-refractivity contribution in [3.63, 3.8) is 0 Å². The van der Waals surface area contributed by atoms with Crippen molar-refractivity contribution in [3.8, 4) is 0 Å². The number of anilines is 1. The van der Waals surface area contributed by atoms with Gasteiger partial charge in [-0.1, -0.05) is 53.0 Å². The molecule has 0 heterocycles. The summed E-state index contributed by atoms with van der Waals surface area (Å²) >= 11 is 11.8. The topological polar surface area (TPSA) is 58.2 Å². The van der Waals surface area contributed by atoms with E-state index < -0.39 is 6.04 Å². The standard InChI is InChI=1S/C18H18Cl2N2O2/c1-11-3-5-13(6-4-11)17(21-12(2)23)10-18(24)22-14-7-8-15(19)16(20)9-14/h3-9,17H,10H2,1-2H3,(H,21,23)(H,22,24). The molecule has 2 aromatic carbocycles. The Kier molecular flexibility index (Phi) is 6.23. The summed E-state index contributed by atoms with van der Waals surface area (Å²) < 4.78 is 0. The summed E-state index contributed by atoms with van der Waals surface area (Å²) in [5, 5.41) is 6.36. The van der Waals surface area contributed by atoms with Crippen LogP contribution in [0, 0.1) is 6.92 Å². The Labute approximate surface area is 151 Å². The van der Waals surface area contributed by atoms with Crippen LogP contribution in [0.5, 0.6) is 0 Å². The normalized spacial score (nSPS) is 11.7. The van der Waals surface area contributed by atoms with Crippen LogP contribution in [0.25, 0.3) is 0 Å². The van der Waals surface area contributed by atoms with Crippen LogP contribution in [0.15, 0.2) is 42.5 Å². The molecule has 0 spiro atoms. The maximum Gasteiger partial charge on any atom is 0.226 e. The molecule has 0 bridgehead atoms. The summed E-state index contributed by atoms with van der Waals surface area (Å²) in [7, 11) is 0. The molecule has 6 heteroatoms. The molecule has 2 amide bonds. The molecule has 1 atom stereocenters. The third-order valence-electron chi connectivity index (χ3n) is 3.45. The lowest BCUT2D eigenvalue weighted by molar-refractivity contribution is -0.120. The molecular weight excluding hydrogens is 347 g/mol. The van der Waals surface area contributed by atoms with Gasteiger partial charge in [0.05, 0.1) is 22.5 Å². The molecule has 0 saturated carbocycles. The Hall–Kier alpha value is -2.04. The van der Waals surface area contributed by atoms with Crippen molar-refractivity contribution in [2.45, 2.75) is 26.3 Å². The van der Waals surface area contributed by atoms with Crippen molar-refractivity contribution in [3.05, 3.63) is 63.6 Å². The van der Waals surface area contributed by atoms with Crippen molar-refractivity contribution in [2.24, 2.45) is 0 Å². The van der Waals surface area contributed by atoms with Gasteiger partial charge in [-0.15, -0.1) is 0 Å². The quantitative estimate of drug-likeness (QED) is 0.819. The fourth-order valence-electron chi connectivity index (χ4n) is 2.27. The number of carbonyl (C=O) groups is 2. The van der Waals surface area contributed by atoms with Crippen LogP contribution in [0.1, 0.15) is 30.5 Å². The molecule has 0 fully saturated rings. The molecule has 126 valence electrons. The van der Waals surface area contributed by atoms with Gasteiger partial charge >= 0.3 is 0 Å². The van der Waals surface area contributed by atoms with E-state index in [1.165, 1.54) is 6.92 Å². The van der Waals surface area contributed by atoms with Gasteiger partial charge in [-0.3, -0.25) is 9.59 Å². The lowest BCUT2D eigenvalue weighted by Gasteiger charge is -2.18. The van der Waals surface area contributed by atoms with E-state index in [9.17, 15) is 9.59 Å². The number of halogens is 2. The minimum atomic E-state index is -0.397. The molecule has 0 saturated heterocycles. The molecule has 2 N–H and O–H groups in total. The Bertz CT molecular complexity index is 745. The zero-order valence-corrected chi connectivity index (χ0v) is 14.9. The highest BCUT2D eigenvalue weighted by molar-refractivity contribution is 6.42. The minimum absolute atomic E-state index is 0.114. The van der Waals surface area contributed by atoms with Crippen LogP contribution in [0.4, 0.5) is 5.69 Å². The fourth-order valence-corrected chi connectivity index (χ4v) is 2.57. The third kappa shape index (κ3) is 5.25. The monoisotopic (exact) mass is 364 g/mol. The van der Waals surface area contributed by atoms with Crippen molar-refractivity contribution < 1.29 is 9.59 Å². The van der Waals surface area contributed by atoms with Gasteiger partial charge in [0.2, 0.25) is 11.8 Å². The van der Waals surface area contributed by atoms with Crippen LogP contribution in [0.3, 0.4) is 0 Å². The van der Waals surface area contributed by atoms with Crippen molar-refractivity contribution in [1.82, 2.24) is 5.32 Å².